The highest BCUT2D eigenvalue weighted by molar-refractivity contribution is 8.32. The van der Waals surface area contributed by atoms with Gasteiger partial charge in [-0.15, -0.1) is 0 Å². The molecule has 4 heteroatoms. The van der Waals surface area contributed by atoms with Crippen molar-refractivity contribution in [2.45, 2.75) is 5.50 Å². The number of nitrogens with zero attached hydrogens (tertiary/aromatic N) is 2. The van der Waals surface area contributed by atoms with Gasteiger partial charge in [0.25, 0.3) is 0 Å². The Bertz CT molecular complexity index is 168. The van der Waals surface area contributed by atoms with Gasteiger partial charge in [0.05, 0.1) is 6.34 Å². The van der Waals surface area contributed by atoms with Crippen LogP contribution in [0.15, 0.2) is 9.98 Å². The Labute approximate surface area is 63.0 Å². The van der Waals surface area contributed by atoms with E-state index in [1.807, 2.05) is 0 Å². The predicted octanol–water partition coefficient (Wildman–Crippen LogP) is 0.624. The number of hydrogen-bond acceptors (Lipinski definition) is 3. The zero-order valence-corrected chi connectivity index (χ0v) is 7.35. The van der Waals surface area contributed by atoms with Gasteiger partial charge in [0.1, 0.15) is 6.34 Å². The zero-order chi connectivity index (χ0) is 7.61. The fraction of sp³-hybridized carbons (Fsp3) is 0.667. The van der Waals surface area contributed by atoms with Crippen LogP contribution in [0.4, 0.5) is 0 Å². The molecule has 1 aliphatic heterocycles. The minimum absolute atomic E-state index is 0.255. The van der Waals surface area contributed by atoms with Gasteiger partial charge in [0, 0.05) is 0 Å². The third-order valence-corrected chi connectivity index (χ3v) is 2.83. The fourth-order valence-corrected chi connectivity index (χ4v) is 1.56. The number of aliphatic imine (C=N–C) groups is 2. The average molecular weight is 159 g/mol. The Hall–Kier alpha value is -0.510. The average Bonchev–Trinajstić information content (AvgIpc) is 1.88. The van der Waals surface area contributed by atoms with E-state index in [4.69, 9.17) is 0 Å². The summed E-state index contributed by atoms with van der Waals surface area (Å²) in [5.74, 6) is 0. The molecule has 0 fully saturated rings. The fourth-order valence-electron chi connectivity index (χ4n) is 0.669. The number of hydrogen-bond donors (Lipinski definition) is 1. The van der Waals surface area contributed by atoms with Crippen LogP contribution in [-0.4, -0.2) is 36.9 Å². The molecule has 0 bridgehead atoms. The number of rotatable bonds is 1. The molecule has 0 radical (unpaired) electrons. The van der Waals surface area contributed by atoms with Gasteiger partial charge >= 0.3 is 0 Å². The third kappa shape index (κ3) is 1.73. The van der Waals surface area contributed by atoms with Crippen LogP contribution in [0, 0.1) is 0 Å². The van der Waals surface area contributed by atoms with E-state index in [1.165, 1.54) is 0 Å². The Balaban J connectivity index is 2.60. The van der Waals surface area contributed by atoms with Crippen molar-refractivity contribution >= 4 is 22.7 Å². The molecule has 1 unspecified atom stereocenters. The normalized spacial score (nSPS) is 26.1. The number of nitrogens with one attached hydrogen (secondary N) is 1. The Kier molecular flexibility index (Phi) is 1.99. The molecule has 1 heterocycles. The molecule has 0 aromatic carbocycles. The maximum atomic E-state index is 4.20. The van der Waals surface area contributed by atoms with Crippen molar-refractivity contribution in [3.05, 3.63) is 0 Å². The van der Waals surface area contributed by atoms with Gasteiger partial charge in [-0.05, 0) is 18.8 Å². The van der Waals surface area contributed by atoms with Gasteiger partial charge in [-0.3, -0.25) is 0 Å². The first-order valence-electron chi connectivity index (χ1n) is 3.07. The molecule has 3 nitrogen and oxygen atoms in total. The Morgan fingerprint density at radius 2 is 2.10 bits per heavy atom. The van der Waals surface area contributed by atoms with Crippen molar-refractivity contribution in [3.63, 3.8) is 0 Å². The first kappa shape index (κ1) is 7.60. The van der Waals surface area contributed by atoms with Crippen LogP contribution in [0.25, 0.3) is 0 Å². The highest BCUT2D eigenvalue weighted by Gasteiger charge is 2.17. The molecule has 1 aliphatic rings. The minimum atomic E-state index is -0.626. The molecule has 0 saturated carbocycles. The molecule has 58 valence electrons. The largest absolute Gasteiger partial charge is 0.347 e. The standard InChI is InChI=1S/C6H13N3S/c1-10(2,3)6-8-4-7-5-9-6/h4-6H,1-3H3,(H,7,8,9). The van der Waals surface area contributed by atoms with Crippen molar-refractivity contribution in [2.75, 3.05) is 18.8 Å². The summed E-state index contributed by atoms with van der Waals surface area (Å²) in [6.45, 7) is 0. The summed E-state index contributed by atoms with van der Waals surface area (Å²) in [5.41, 5.74) is 0.255. The second-order valence-electron chi connectivity index (χ2n) is 2.99. The van der Waals surface area contributed by atoms with E-state index in [1.54, 1.807) is 12.7 Å². The second-order valence-corrected chi connectivity index (χ2v) is 7.30. The minimum Gasteiger partial charge on any atom is -0.347 e. The van der Waals surface area contributed by atoms with E-state index in [0.717, 1.165) is 0 Å². The van der Waals surface area contributed by atoms with Gasteiger partial charge < -0.3 is 5.32 Å². The first-order chi connectivity index (χ1) is 4.61. The first-order valence-corrected chi connectivity index (χ1v) is 5.99. The van der Waals surface area contributed by atoms with Crippen LogP contribution in [0.1, 0.15) is 0 Å². The smallest absolute Gasteiger partial charge is 0.153 e. The summed E-state index contributed by atoms with van der Waals surface area (Å²) in [6, 6.07) is 0. The van der Waals surface area contributed by atoms with Gasteiger partial charge in [0.15, 0.2) is 5.50 Å². The lowest BCUT2D eigenvalue weighted by Crippen LogP contribution is -2.32. The highest BCUT2D eigenvalue weighted by Crippen LogP contribution is 2.39. The lowest BCUT2D eigenvalue weighted by Gasteiger charge is -2.33. The molecule has 0 aromatic rings. The molecular formula is C6H13N3S. The quantitative estimate of drug-likeness (QED) is 0.598. The van der Waals surface area contributed by atoms with E-state index < -0.39 is 10.0 Å². The van der Waals surface area contributed by atoms with Crippen LogP contribution in [0.3, 0.4) is 0 Å². The van der Waals surface area contributed by atoms with Crippen LogP contribution in [-0.2, 0) is 0 Å². The van der Waals surface area contributed by atoms with Crippen molar-refractivity contribution in [2.24, 2.45) is 9.98 Å². The molecule has 0 aromatic heterocycles. The molecule has 0 saturated heterocycles. The van der Waals surface area contributed by atoms with Crippen LogP contribution >= 0.6 is 10.0 Å². The molecular weight excluding hydrogens is 146 g/mol. The summed E-state index contributed by atoms with van der Waals surface area (Å²) in [4.78, 5) is 8.03. The molecule has 1 N–H and O–H groups in total. The Morgan fingerprint density at radius 3 is 2.40 bits per heavy atom. The van der Waals surface area contributed by atoms with E-state index >= 15 is 0 Å². The topological polar surface area (TPSA) is 36.8 Å². The molecule has 1 rings (SSSR count). The van der Waals surface area contributed by atoms with Crippen molar-refractivity contribution in [3.8, 4) is 0 Å². The van der Waals surface area contributed by atoms with Crippen LogP contribution < -0.4 is 5.32 Å². The molecule has 0 aliphatic carbocycles. The maximum Gasteiger partial charge on any atom is 0.153 e. The lowest BCUT2D eigenvalue weighted by molar-refractivity contribution is 0.856. The van der Waals surface area contributed by atoms with E-state index in [2.05, 4.69) is 34.1 Å². The molecule has 1 atom stereocenters. The monoisotopic (exact) mass is 159 g/mol. The van der Waals surface area contributed by atoms with Gasteiger partial charge in [-0.2, -0.15) is 0 Å². The van der Waals surface area contributed by atoms with E-state index in [-0.39, 0.29) is 5.50 Å². The van der Waals surface area contributed by atoms with E-state index in [9.17, 15) is 0 Å². The molecule has 0 spiro atoms. The predicted molar refractivity (Wildman–Crippen MR) is 49.3 cm³/mol. The van der Waals surface area contributed by atoms with Crippen molar-refractivity contribution < 1.29 is 0 Å². The molecule has 0 amide bonds. The maximum absolute atomic E-state index is 4.20. The summed E-state index contributed by atoms with van der Waals surface area (Å²) in [7, 11) is -0.626. The van der Waals surface area contributed by atoms with E-state index in [0.29, 0.717) is 0 Å². The van der Waals surface area contributed by atoms with Crippen molar-refractivity contribution in [1.29, 1.82) is 0 Å². The summed E-state index contributed by atoms with van der Waals surface area (Å²) < 4.78 is 0. The SMILES string of the molecule is CS(C)(C)C1N=CN=CN1. The third-order valence-electron chi connectivity index (χ3n) is 1.23. The second kappa shape index (κ2) is 2.62. The van der Waals surface area contributed by atoms with Crippen LogP contribution in [0.5, 0.6) is 0 Å². The summed E-state index contributed by atoms with van der Waals surface area (Å²) >= 11 is 0. The molecule has 10 heavy (non-hydrogen) atoms. The van der Waals surface area contributed by atoms with Crippen LogP contribution in [0.2, 0.25) is 0 Å². The lowest BCUT2D eigenvalue weighted by atomic mass is 10.9. The van der Waals surface area contributed by atoms with Gasteiger partial charge in [0.2, 0.25) is 0 Å². The van der Waals surface area contributed by atoms with Gasteiger partial charge in [-0.25, -0.2) is 20.0 Å². The van der Waals surface area contributed by atoms with Crippen molar-refractivity contribution in [1.82, 2.24) is 5.32 Å². The zero-order valence-electron chi connectivity index (χ0n) is 6.53. The van der Waals surface area contributed by atoms with Gasteiger partial charge in [-0.1, -0.05) is 0 Å². The summed E-state index contributed by atoms with van der Waals surface area (Å²) in [6.07, 6.45) is 9.98. The Morgan fingerprint density at radius 1 is 1.40 bits per heavy atom. The highest BCUT2D eigenvalue weighted by atomic mass is 32.3. The summed E-state index contributed by atoms with van der Waals surface area (Å²) in [5, 5.41) is 3.11.